The molecule has 8 heteroatoms. The zero-order chi connectivity index (χ0) is 11.0. The number of nitrogens with one attached hydrogen (secondary N) is 2. The average Bonchev–Trinajstić information content (AvgIpc) is 2.12. The minimum absolute atomic E-state index is 0.00317. The standard InChI is InChI=1S/C6H11N3O5/c1-7-5(10)4-6(11)8-2-3-14-9(12)13/h2-4H2,1H3,(H,7,10)(H,8,11). The first-order valence-corrected chi connectivity index (χ1v) is 3.81. The number of amides is 2. The van der Waals surface area contributed by atoms with Gasteiger partial charge in [-0.2, -0.15) is 0 Å². The topological polar surface area (TPSA) is 111 Å². The molecule has 14 heavy (non-hydrogen) atoms. The summed E-state index contributed by atoms with van der Waals surface area (Å²) in [6.45, 7) is -0.233. The van der Waals surface area contributed by atoms with Crippen molar-refractivity contribution in [1.29, 1.82) is 0 Å². The molecule has 0 unspecified atom stereocenters. The summed E-state index contributed by atoms with van der Waals surface area (Å²) in [5.74, 6) is -0.922. The lowest BCUT2D eigenvalue weighted by atomic mass is 10.4. The Morgan fingerprint density at radius 1 is 1.43 bits per heavy atom. The molecule has 8 nitrogen and oxygen atoms in total. The van der Waals surface area contributed by atoms with Gasteiger partial charge in [-0.3, -0.25) is 9.59 Å². The minimum atomic E-state index is -0.953. The van der Waals surface area contributed by atoms with E-state index in [0.29, 0.717) is 0 Å². The van der Waals surface area contributed by atoms with Gasteiger partial charge in [-0.15, -0.1) is 10.1 Å². The third-order valence-corrected chi connectivity index (χ3v) is 1.22. The highest BCUT2D eigenvalue weighted by atomic mass is 16.9. The maximum absolute atomic E-state index is 10.9. The molecule has 0 aromatic carbocycles. The zero-order valence-corrected chi connectivity index (χ0v) is 7.61. The number of carbonyl (C=O) groups is 2. The van der Waals surface area contributed by atoms with Crippen molar-refractivity contribution >= 4 is 11.8 Å². The molecule has 0 fully saturated rings. The average molecular weight is 205 g/mol. The maximum atomic E-state index is 10.9. The Labute approximate surface area is 79.7 Å². The molecule has 0 spiro atoms. The third-order valence-electron chi connectivity index (χ3n) is 1.22. The van der Waals surface area contributed by atoms with Crippen LogP contribution >= 0.6 is 0 Å². The highest BCUT2D eigenvalue weighted by Gasteiger charge is 2.06. The lowest BCUT2D eigenvalue weighted by molar-refractivity contribution is -0.757. The van der Waals surface area contributed by atoms with E-state index in [0.717, 1.165) is 0 Å². The second-order valence-electron chi connectivity index (χ2n) is 2.26. The summed E-state index contributed by atoms with van der Waals surface area (Å²) in [5, 5.41) is 13.3. The van der Waals surface area contributed by atoms with Gasteiger partial charge in [-0.25, -0.2) is 0 Å². The van der Waals surface area contributed by atoms with E-state index >= 15 is 0 Å². The van der Waals surface area contributed by atoms with Crippen molar-refractivity contribution in [2.75, 3.05) is 20.2 Å². The van der Waals surface area contributed by atoms with Crippen molar-refractivity contribution in [1.82, 2.24) is 10.6 Å². The Morgan fingerprint density at radius 3 is 2.57 bits per heavy atom. The zero-order valence-electron chi connectivity index (χ0n) is 7.61. The normalized spacial score (nSPS) is 8.93. The van der Waals surface area contributed by atoms with Gasteiger partial charge in [0.2, 0.25) is 11.8 Å². The summed E-state index contributed by atoms with van der Waals surface area (Å²) in [6.07, 6.45) is -0.297. The van der Waals surface area contributed by atoms with Gasteiger partial charge in [0, 0.05) is 13.6 Å². The van der Waals surface area contributed by atoms with Gasteiger partial charge in [-0.1, -0.05) is 0 Å². The van der Waals surface area contributed by atoms with Crippen molar-refractivity contribution in [2.24, 2.45) is 0 Å². The van der Waals surface area contributed by atoms with Crippen LogP contribution in [-0.4, -0.2) is 37.1 Å². The van der Waals surface area contributed by atoms with E-state index in [1.54, 1.807) is 0 Å². The van der Waals surface area contributed by atoms with Gasteiger partial charge < -0.3 is 15.5 Å². The number of carbonyl (C=O) groups excluding carboxylic acids is 2. The smallest absolute Gasteiger partial charge is 0.294 e. The molecule has 0 aliphatic rings. The van der Waals surface area contributed by atoms with E-state index < -0.39 is 16.9 Å². The number of nitrogens with zero attached hydrogens (tertiary/aromatic N) is 1. The summed E-state index contributed by atoms with van der Waals surface area (Å²) >= 11 is 0. The van der Waals surface area contributed by atoms with Crippen LogP contribution in [0.15, 0.2) is 0 Å². The van der Waals surface area contributed by atoms with Crippen molar-refractivity contribution in [3.05, 3.63) is 10.1 Å². The quantitative estimate of drug-likeness (QED) is 0.236. The molecule has 0 aromatic rings. The summed E-state index contributed by atoms with van der Waals surface area (Å²) in [4.78, 5) is 35.1. The van der Waals surface area contributed by atoms with Crippen LogP contribution in [-0.2, 0) is 14.4 Å². The Bertz CT molecular complexity index is 230. The molecule has 80 valence electrons. The second-order valence-corrected chi connectivity index (χ2v) is 2.26. The van der Waals surface area contributed by atoms with Gasteiger partial charge >= 0.3 is 0 Å². The van der Waals surface area contributed by atoms with E-state index in [1.807, 2.05) is 0 Å². The fraction of sp³-hybridized carbons (Fsp3) is 0.667. The van der Waals surface area contributed by atoms with Crippen molar-refractivity contribution in [3.8, 4) is 0 Å². The SMILES string of the molecule is CNC(=O)CC(=O)NCCO[N+](=O)[O-]. The molecule has 2 N–H and O–H groups in total. The Morgan fingerprint density at radius 2 is 2.07 bits per heavy atom. The Kier molecular flexibility index (Phi) is 5.75. The lowest BCUT2D eigenvalue weighted by Crippen LogP contribution is -2.32. The van der Waals surface area contributed by atoms with E-state index in [9.17, 15) is 19.7 Å². The molecule has 0 aliphatic heterocycles. The van der Waals surface area contributed by atoms with Crippen LogP contribution in [0.5, 0.6) is 0 Å². The fourth-order valence-electron chi connectivity index (χ4n) is 0.607. The third kappa shape index (κ3) is 6.83. The summed E-state index contributed by atoms with van der Waals surface area (Å²) in [5.41, 5.74) is 0. The van der Waals surface area contributed by atoms with Gasteiger partial charge in [0.1, 0.15) is 13.0 Å². The molecule has 0 bridgehead atoms. The van der Waals surface area contributed by atoms with Crippen LogP contribution in [0.1, 0.15) is 6.42 Å². The van der Waals surface area contributed by atoms with Crippen LogP contribution < -0.4 is 10.6 Å². The second kappa shape index (κ2) is 6.63. The molecule has 0 rings (SSSR count). The van der Waals surface area contributed by atoms with Crippen molar-refractivity contribution in [2.45, 2.75) is 6.42 Å². The first kappa shape index (κ1) is 12.1. The molecule has 2 amide bonds. The molecule has 0 radical (unpaired) electrons. The summed E-state index contributed by atoms with van der Waals surface area (Å²) < 4.78 is 0. The molecular weight excluding hydrogens is 194 g/mol. The molecule has 0 saturated heterocycles. The van der Waals surface area contributed by atoms with Gasteiger partial charge in [0.25, 0.3) is 5.09 Å². The predicted molar refractivity (Wildman–Crippen MR) is 44.6 cm³/mol. The van der Waals surface area contributed by atoms with E-state index in [2.05, 4.69) is 15.5 Å². The van der Waals surface area contributed by atoms with Crippen molar-refractivity contribution < 1.29 is 19.5 Å². The molecule has 0 aliphatic carbocycles. The maximum Gasteiger partial charge on any atom is 0.294 e. The molecule has 0 aromatic heterocycles. The molecule has 0 atom stereocenters. The Balaban J connectivity index is 3.45. The van der Waals surface area contributed by atoms with E-state index in [1.165, 1.54) is 7.05 Å². The first-order valence-electron chi connectivity index (χ1n) is 3.81. The van der Waals surface area contributed by atoms with Crippen molar-refractivity contribution in [3.63, 3.8) is 0 Å². The summed E-state index contributed by atoms with van der Waals surface area (Å²) in [6, 6.07) is 0. The van der Waals surface area contributed by atoms with Gasteiger partial charge in [-0.05, 0) is 0 Å². The predicted octanol–water partition coefficient (Wildman–Crippen LogP) is -1.55. The number of rotatable bonds is 6. The van der Waals surface area contributed by atoms with Crippen LogP contribution in [0.4, 0.5) is 0 Å². The van der Waals surface area contributed by atoms with Gasteiger partial charge in [0.05, 0.1) is 0 Å². The molecular formula is C6H11N3O5. The van der Waals surface area contributed by atoms with E-state index in [-0.39, 0.29) is 19.6 Å². The minimum Gasteiger partial charge on any atom is -0.359 e. The molecule has 0 saturated carbocycles. The van der Waals surface area contributed by atoms with Crippen LogP contribution in [0, 0.1) is 10.1 Å². The largest absolute Gasteiger partial charge is 0.359 e. The highest BCUT2D eigenvalue weighted by molar-refractivity contribution is 5.96. The first-order chi connectivity index (χ1) is 6.56. The van der Waals surface area contributed by atoms with Gasteiger partial charge in [0.15, 0.2) is 0 Å². The monoisotopic (exact) mass is 205 g/mol. The van der Waals surface area contributed by atoms with Crippen LogP contribution in [0.2, 0.25) is 0 Å². The number of hydrogen-bond donors (Lipinski definition) is 2. The van der Waals surface area contributed by atoms with E-state index in [4.69, 9.17) is 0 Å². The Hall–Kier alpha value is -1.86. The number of hydrogen-bond acceptors (Lipinski definition) is 5. The van der Waals surface area contributed by atoms with Crippen LogP contribution in [0.3, 0.4) is 0 Å². The highest BCUT2D eigenvalue weighted by Crippen LogP contribution is 1.79. The molecule has 0 heterocycles. The van der Waals surface area contributed by atoms with Crippen LogP contribution in [0.25, 0.3) is 0 Å². The summed E-state index contributed by atoms with van der Waals surface area (Å²) in [7, 11) is 1.41. The fourth-order valence-corrected chi connectivity index (χ4v) is 0.607. The lowest BCUT2D eigenvalue weighted by Gasteiger charge is -2.02.